The minimum absolute atomic E-state index is 0.122. The number of rotatable bonds is 4. The molecule has 0 radical (unpaired) electrons. The highest BCUT2D eigenvalue weighted by Gasteiger charge is 2.24. The maximum atomic E-state index is 13.3. The number of nitrogens with zero attached hydrogens (tertiary/aromatic N) is 3. The topological polar surface area (TPSA) is 55.2 Å². The molecule has 0 saturated heterocycles. The predicted molar refractivity (Wildman–Crippen MR) is 104 cm³/mol. The molecule has 134 valence electrons. The second-order valence-corrected chi connectivity index (χ2v) is 6.50. The first-order valence-corrected chi connectivity index (χ1v) is 8.88. The lowest BCUT2D eigenvalue weighted by atomic mass is 10.1. The van der Waals surface area contributed by atoms with E-state index in [1.165, 1.54) is 4.90 Å². The highest BCUT2D eigenvalue weighted by Crippen LogP contribution is 2.23. The van der Waals surface area contributed by atoms with Crippen molar-refractivity contribution >= 4 is 28.4 Å². The van der Waals surface area contributed by atoms with Gasteiger partial charge in [-0.3, -0.25) is 14.2 Å². The Kier molecular flexibility index (Phi) is 5.09. The molecule has 1 unspecified atom stereocenters. The van der Waals surface area contributed by atoms with E-state index < -0.39 is 6.04 Å². The number of benzene rings is 2. The maximum Gasteiger partial charge on any atom is 0.266 e. The molecular weight excluding hydrogens is 350 g/mol. The Balaban J connectivity index is 2.34. The fourth-order valence-corrected chi connectivity index (χ4v) is 3.15. The van der Waals surface area contributed by atoms with Crippen LogP contribution in [0.4, 0.5) is 0 Å². The molecule has 5 nitrogen and oxygen atoms in total. The van der Waals surface area contributed by atoms with Gasteiger partial charge < -0.3 is 4.90 Å². The molecule has 3 aromatic rings. The molecule has 1 heterocycles. The monoisotopic (exact) mass is 369 g/mol. The summed E-state index contributed by atoms with van der Waals surface area (Å²) < 4.78 is 1.60. The second kappa shape index (κ2) is 7.30. The van der Waals surface area contributed by atoms with Gasteiger partial charge in [0.05, 0.1) is 22.6 Å². The average molecular weight is 370 g/mol. The number of aryl methyl sites for hydroxylation is 1. The summed E-state index contributed by atoms with van der Waals surface area (Å²) in [7, 11) is 1.67. The minimum Gasteiger partial charge on any atom is -0.335 e. The summed E-state index contributed by atoms with van der Waals surface area (Å²) in [5.41, 5.74) is 2.16. The van der Waals surface area contributed by atoms with Crippen LogP contribution >= 0.6 is 11.6 Å². The van der Waals surface area contributed by atoms with Gasteiger partial charge >= 0.3 is 0 Å². The zero-order valence-electron chi connectivity index (χ0n) is 14.9. The van der Waals surface area contributed by atoms with Crippen molar-refractivity contribution in [2.75, 3.05) is 12.9 Å². The van der Waals surface area contributed by atoms with Gasteiger partial charge in [0, 0.05) is 7.05 Å². The largest absolute Gasteiger partial charge is 0.335 e. The van der Waals surface area contributed by atoms with E-state index in [1.54, 1.807) is 23.7 Å². The molecule has 0 aliphatic heterocycles. The van der Waals surface area contributed by atoms with Gasteiger partial charge in [0.25, 0.3) is 5.56 Å². The first kappa shape index (κ1) is 18.1. The van der Waals surface area contributed by atoms with Gasteiger partial charge in [-0.05, 0) is 37.6 Å². The van der Waals surface area contributed by atoms with Crippen molar-refractivity contribution in [3.05, 3.63) is 70.3 Å². The zero-order valence-corrected chi connectivity index (χ0v) is 15.7. The molecule has 0 aliphatic carbocycles. The number of alkyl halides is 1. The number of hydrogen-bond donors (Lipinski definition) is 0. The summed E-state index contributed by atoms with van der Waals surface area (Å²) in [4.78, 5) is 31.6. The van der Waals surface area contributed by atoms with Crippen LogP contribution in [0.2, 0.25) is 0 Å². The standard InChI is InChI=1S/C20H20ClN3O2/c1-13-8-4-7-11-17(13)24-19(14(2)23(3)18(25)12-21)22-16-10-6-5-9-15(16)20(24)26/h4-11,14H,12H2,1-3H3. The van der Waals surface area contributed by atoms with Crippen LogP contribution in [0.25, 0.3) is 16.6 Å². The number of para-hydroxylation sites is 2. The third kappa shape index (κ3) is 3.10. The normalized spacial score (nSPS) is 12.2. The van der Waals surface area contributed by atoms with E-state index in [1.807, 2.05) is 50.2 Å². The molecule has 1 amide bonds. The van der Waals surface area contributed by atoms with E-state index in [4.69, 9.17) is 16.6 Å². The summed E-state index contributed by atoms with van der Waals surface area (Å²) in [5, 5.41) is 0.540. The number of carbonyl (C=O) groups excluding carboxylic acids is 1. The summed E-state index contributed by atoms with van der Waals surface area (Å²) in [6.07, 6.45) is 0. The SMILES string of the molecule is Cc1ccccc1-n1c(C(C)N(C)C(=O)CCl)nc2ccccc2c1=O. The molecule has 0 bridgehead atoms. The third-order valence-corrected chi connectivity index (χ3v) is 4.85. The Morgan fingerprint density at radius 2 is 1.85 bits per heavy atom. The lowest BCUT2D eigenvalue weighted by molar-refractivity contribution is -0.129. The van der Waals surface area contributed by atoms with Crippen LogP contribution in [0.15, 0.2) is 53.3 Å². The van der Waals surface area contributed by atoms with Crippen LogP contribution in [-0.2, 0) is 4.79 Å². The zero-order chi connectivity index (χ0) is 18.8. The minimum atomic E-state index is -0.418. The fraction of sp³-hybridized carbons (Fsp3) is 0.250. The molecule has 0 saturated carbocycles. The smallest absolute Gasteiger partial charge is 0.266 e. The molecule has 26 heavy (non-hydrogen) atoms. The van der Waals surface area contributed by atoms with Gasteiger partial charge in [-0.25, -0.2) is 4.98 Å². The summed E-state index contributed by atoms with van der Waals surface area (Å²) >= 11 is 5.71. The fourth-order valence-electron chi connectivity index (χ4n) is 2.96. The molecule has 0 N–H and O–H groups in total. The Morgan fingerprint density at radius 1 is 1.19 bits per heavy atom. The van der Waals surface area contributed by atoms with E-state index in [9.17, 15) is 9.59 Å². The molecule has 0 fully saturated rings. The maximum absolute atomic E-state index is 13.3. The predicted octanol–water partition coefficient (Wildman–Crippen LogP) is 3.45. The number of amides is 1. The van der Waals surface area contributed by atoms with Crippen LogP contribution in [0.1, 0.15) is 24.4 Å². The molecular formula is C20H20ClN3O2. The van der Waals surface area contributed by atoms with E-state index >= 15 is 0 Å². The van der Waals surface area contributed by atoms with Gasteiger partial charge in [0.1, 0.15) is 11.7 Å². The second-order valence-electron chi connectivity index (χ2n) is 6.23. The number of carbonyl (C=O) groups is 1. The summed E-state index contributed by atoms with van der Waals surface area (Å²) in [5.74, 6) is 0.158. The number of hydrogen-bond acceptors (Lipinski definition) is 3. The van der Waals surface area contributed by atoms with Crippen LogP contribution in [-0.4, -0.2) is 33.3 Å². The van der Waals surface area contributed by atoms with Crippen LogP contribution < -0.4 is 5.56 Å². The Morgan fingerprint density at radius 3 is 2.54 bits per heavy atom. The summed E-state index contributed by atoms with van der Waals surface area (Å²) in [6, 6.07) is 14.4. The molecule has 0 spiro atoms. The number of halogens is 1. The van der Waals surface area contributed by atoms with Gasteiger partial charge in [0.2, 0.25) is 5.91 Å². The van der Waals surface area contributed by atoms with E-state index in [2.05, 4.69) is 0 Å². The van der Waals surface area contributed by atoms with Crippen molar-refractivity contribution in [3.8, 4) is 5.69 Å². The van der Waals surface area contributed by atoms with Crippen molar-refractivity contribution in [1.82, 2.24) is 14.5 Å². The van der Waals surface area contributed by atoms with Gasteiger partial charge in [-0.15, -0.1) is 11.6 Å². The third-order valence-electron chi connectivity index (χ3n) is 4.62. The van der Waals surface area contributed by atoms with Gasteiger partial charge in [-0.2, -0.15) is 0 Å². The highest BCUT2D eigenvalue weighted by atomic mass is 35.5. The van der Waals surface area contributed by atoms with Crippen LogP contribution in [0.5, 0.6) is 0 Å². The number of fused-ring (bicyclic) bond motifs is 1. The van der Waals surface area contributed by atoms with E-state index in [-0.39, 0.29) is 17.3 Å². The Bertz CT molecular complexity index is 1030. The van der Waals surface area contributed by atoms with Crippen molar-refractivity contribution in [3.63, 3.8) is 0 Å². The Labute approximate surface area is 156 Å². The lowest BCUT2D eigenvalue weighted by Crippen LogP contribution is -2.35. The van der Waals surface area contributed by atoms with Crippen molar-refractivity contribution in [2.45, 2.75) is 19.9 Å². The molecule has 1 atom stereocenters. The van der Waals surface area contributed by atoms with E-state index in [0.29, 0.717) is 16.7 Å². The molecule has 6 heteroatoms. The van der Waals surface area contributed by atoms with E-state index in [0.717, 1.165) is 11.3 Å². The van der Waals surface area contributed by atoms with Crippen molar-refractivity contribution in [1.29, 1.82) is 0 Å². The molecule has 2 aromatic carbocycles. The lowest BCUT2D eigenvalue weighted by Gasteiger charge is -2.27. The average Bonchev–Trinajstić information content (AvgIpc) is 2.67. The highest BCUT2D eigenvalue weighted by molar-refractivity contribution is 6.27. The summed E-state index contributed by atoms with van der Waals surface area (Å²) in [6.45, 7) is 3.79. The van der Waals surface area contributed by atoms with Crippen LogP contribution in [0.3, 0.4) is 0 Å². The quantitative estimate of drug-likeness (QED) is 0.662. The van der Waals surface area contributed by atoms with Crippen LogP contribution in [0, 0.1) is 6.92 Å². The molecule has 0 aliphatic rings. The first-order valence-electron chi connectivity index (χ1n) is 8.35. The van der Waals surface area contributed by atoms with Gasteiger partial charge in [0.15, 0.2) is 0 Å². The molecule has 1 aromatic heterocycles. The first-order chi connectivity index (χ1) is 12.5. The van der Waals surface area contributed by atoms with Gasteiger partial charge in [-0.1, -0.05) is 30.3 Å². The number of aromatic nitrogens is 2. The Hall–Kier alpha value is -2.66. The van der Waals surface area contributed by atoms with Crippen molar-refractivity contribution in [2.24, 2.45) is 0 Å². The van der Waals surface area contributed by atoms with Crippen molar-refractivity contribution < 1.29 is 4.79 Å². The molecule has 3 rings (SSSR count).